The van der Waals surface area contributed by atoms with Gasteiger partial charge in [0, 0.05) is 37.6 Å². The van der Waals surface area contributed by atoms with Crippen molar-refractivity contribution < 1.29 is 9.18 Å². The van der Waals surface area contributed by atoms with Crippen LogP contribution < -0.4 is 5.32 Å². The molecular weight excluding hydrogens is 281 g/mol. The van der Waals surface area contributed by atoms with Crippen LogP contribution in [-0.4, -0.2) is 29.0 Å². The van der Waals surface area contributed by atoms with Gasteiger partial charge in [-0.15, -0.1) is 0 Å². The van der Waals surface area contributed by atoms with Crippen LogP contribution in [-0.2, 0) is 13.0 Å². The van der Waals surface area contributed by atoms with E-state index in [1.54, 1.807) is 35.5 Å². The molecule has 0 fully saturated rings. The molecule has 116 valence electrons. The first-order valence-corrected chi connectivity index (χ1v) is 7.35. The van der Waals surface area contributed by atoms with E-state index < -0.39 is 0 Å². The van der Waals surface area contributed by atoms with Crippen LogP contribution in [0.15, 0.2) is 48.8 Å². The van der Waals surface area contributed by atoms with Crippen molar-refractivity contribution in [3.63, 3.8) is 0 Å². The number of hydrogen-bond acceptors (Lipinski definition) is 2. The molecule has 4 nitrogen and oxygen atoms in total. The van der Waals surface area contributed by atoms with Gasteiger partial charge in [0.2, 0.25) is 0 Å². The number of benzene rings is 1. The first-order chi connectivity index (χ1) is 10.7. The highest BCUT2D eigenvalue weighted by Crippen LogP contribution is 2.06. The van der Waals surface area contributed by atoms with Crippen molar-refractivity contribution in [1.82, 2.24) is 15.2 Å². The second-order valence-corrected chi connectivity index (χ2v) is 4.94. The van der Waals surface area contributed by atoms with Crippen molar-refractivity contribution in [2.24, 2.45) is 0 Å². The van der Waals surface area contributed by atoms with Crippen molar-refractivity contribution in [1.29, 1.82) is 0 Å². The number of likely N-dealkylation sites (N-methyl/N-ethyl adjacent to an activating group) is 1. The standard InChI is InChI=1S/C17H20FN3O/c1-2-21(12-9-14-7-10-19-11-8-14)17(22)20-13-15-5-3-4-6-16(15)18/h3-8,10-11H,2,9,12-13H2,1H3,(H,20,22). The molecule has 2 aromatic rings. The first-order valence-electron chi connectivity index (χ1n) is 7.35. The number of hydrogen-bond donors (Lipinski definition) is 1. The number of urea groups is 1. The molecule has 0 saturated carbocycles. The minimum absolute atomic E-state index is 0.181. The maximum absolute atomic E-state index is 13.5. The zero-order valence-electron chi connectivity index (χ0n) is 12.6. The Labute approximate surface area is 130 Å². The third kappa shape index (κ3) is 4.55. The summed E-state index contributed by atoms with van der Waals surface area (Å²) in [6.45, 7) is 3.34. The van der Waals surface area contributed by atoms with Crippen LogP contribution >= 0.6 is 0 Å². The van der Waals surface area contributed by atoms with Gasteiger partial charge in [0.05, 0.1) is 0 Å². The van der Waals surface area contributed by atoms with Crippen LogP contribution in [0.2, 0.25) is 0 Å². The summed E-state index contributed by atoms with van der Waals surface area (Å²) in [7, 11) is 0. The summed E-state index contributed by atoms with van der Waals surface area (Å²) >= 11 is 0. The summed E-state index contributed by atoms with van der Waals surface area (Å²) in [5, 5.41) is 2.76. The quantitative estimate of drug-likeness (QED) is 0.891. The second-order valence-electron chi connectivity index (χ2n) is 4.94. The summed E-state index contributed by atoms with van der Waals surface area (Å²) in [5.41, 5.74) is 1.62. The Kier molecular flexibility index (Phi) is 5.89. The van der Waals surface area contributed by atoms with E-state index in [0.29, 0.717) is 18.7 Å². The lowest BCUT2D eigenvalue weighted by atomic mass is 10.2. The zero-order chi connectivity index (χ0) is 15.8. The van der Waals surface area contributed by atoms with E-state index in [1.165, 1.54) is 6.07 Å². The van der Waals surface area contributed by atoms with E-state index in [1.807, 2.05) is 19.1 Å². The Morgan fingerprint density at radius 3 is 2.64 bits per heavy atom. The lowest BCUT2D eigenvalue weighted by molar-refractivity contribution is 0.200. The van der Waals surface area contributed by atoms with Crippen molar-refractivity contribution in [2.45, 2.75) is 19.9 Å². The molecule has 0 radical (unpaired) electrons. The SMILES string of the molecule is CCN(CCc1ccncc1)C(=O)NCc1ccccc1F. The van der Waals surface area contributed by atoms with E-state index >= 15 is 0 Å². The van der Waals surface area contributed by atoms with E-state index in [9.17, 15) is 9.18 Å². The molecule has 0 atom stereocenters. The average molecular weight is 301 g/mol. The van der Waals surface area contributed by atoms with Gasteiger partial charge in [0.15, 0.2) is 0 Å². The molecule has 2 rings (SSSR count). The maximum atomic E-state index is 13.5. The lowest BCUT2D eigenvalue weighted by Crippen LogP contribution is -2.40. The molecule has 22 heavy (non-hydrogen) atoms. The smallest absolute Gasteiger partial charge is 0.317 e. The van der Waals surface area contributed by atoms with Crippen LogP contribution in [0.4, 0.5) is 9.18 Å². The number of halogens is 1. The molecule has 0 aliphatic carbocycles. The molecule has 0 unspecified atom stereocenters. The van der Waals surface area contributed by atoms with Crippen molar-refractivity contribution in [2.75, 3.05) is 13.1 Å². The molecule has 0 aliphatic rings. The molecule has 2 amide bonds. The minimum Gasteiger partial charge on any atom is -0.334 e. The van der Waals surface area contributed by atoms with Crippen LogP contribution in [0.5, 0.6) is 0 Å². The van der Waals surface area contributed by atoms with Gasteiger partial charge in [-0.25, -0.2) is 9.18 Å². The van der Waals surface area contributed by atoms with Gasteiger partial charge in [-0.05, 0) is 37.1 Å². The summed E-state index contributed by atoms with van der Waals surface area (Å²) in [5.74, 6) is -0.303. The van der Waals surface area contributed by atoms with E-state index in [4.69, 9.17) is 0 Å². The molecule has 1 heterocycles. The van der Waals surface area contributed by atoms with Crippen LogP contribution in [0.1, 0.15) is 18.1 Å². The fourth-order valence-electron chi connectivity index (χ4n) is 2.14. The molecule has 0 saturated heterocycles. The monoisotopic (exact) mass is 301 g/mol. The van der Waals surface area contributed by atoms with Gasteiger partial charge < -0.3 is 10.2 Å². The third-order valence-corrected chi connectivity index (χ3v) is 3.48. The first kappa shape index (κ1) is 15.9. The minimum atomic E-state index is -0.303. The van der Waals surface area contributed by atoms with E-state index in [-0.39, 0.29) is 18.4 Å². The highest BCUT2D eigenvalue weighted by Gasteiger charge is 2.11. The predicted octanol–water partition coefficient (Wildman–Crippen LogP) is 2.99. The highest BCUT2D eigenvalue weighted by molar-refractivity contribution is 5.74. The number of amides is 2. The maximum Gasteiger partial charge on any atom is 0.317 e. The largest absolute Gasteiger partial charge is 0.334 e. The number of nitrogens with one attached hydrogen (secondary N) is 1. The fourth-order valence-corrected chi connectivity index (χ4v) is 2.14. The molecule has 0 bridgehead atoms. The topological polar surface area (TPSA) is 45.2 Å². The third-order valence-electron chi connectivity index (χ3n) is 3.48. The summed E-state index contributed by atoms with van der Waals surface area (Å²) in [4.78, 5) is 17.8. The van der Waals surface area contributed by atoms with Crippen LogP contribution in [0.3, 0.4) is 0 Å². The lowest BCUT2D eigenvalue weighted by Gasteiger charge is -2.21. The number of rotatable bonds is 6. The molecule has 1 aromatic carbocycles. The van der Waals surface area contributed by atoms with Gasteiger partial charge in [-0.2, -0.15) is 0 Å². The Morgan fingerprint density at radius 1 is 1.23 bits per heavy atom. The summed E-state index contributed by atoms with van der Waals surface area (Å²) in [6, 6.07) is 10.1. The van der Waals surface area contributed by atoms with Crippen molar-refractivity contribution in [3.05, 3.63) is 65.7 Å². The Balaban J connectivity index is 1.85. The number of pyridine rings is 1. The van der Waals surface area contributed by atoms with Crippen molar-refractivity contribution >= 4 is 6.03 Å². The second kappa shape index (κ2) is 8.12. The summed E-state index contributed by atoms with van der Waals surface area (Å²) in [6.07, 6.45) is 4.25. The molecule has 0 aliphatic heterocycles. The van der Waals surface area contributed by atoms with Crippen molar-refractivity contribution in [3.8, 4) is 0 Å². The molecule has 1 aromatic heterocycles. The Morgan fingerprint density at radius 2 is 1.95 bits per heavy atom. The number of nitrogens with zero attached hydrogens (tertiary/aromatic N) is 2. The number of carbonyl (C=O) groups is 1. The Hall–Kier alpha value is -2.43. The molecule has 1 N–H and O–H groups in total. The van der Waals surface area contributed by atoms with Gasteiger partial charge in [-0.3, -0.25) is 4.98 Å². The van der Waals surface area contributed by atoms with Gasteiger partial charge in [0.1, 0.15) is 5.82 Å². The zero-order valence-corrected chi connectivity index (χ0v) is 12.6. The highest BCUT2D eigenvalue weighted by atomic mass is 19.1. The molecular formula is C17H20FN3O. The number of carbonyl (C=O) groups excluding carboxylic acids is 1. The summed E-state index contributed by atoms with van der Waals surface area (Å²) < 4.78 is 13.5. The van der Waals surface area contributed by atoms with Gasteiger partial charge >= 0.3 is 6.03 Å². The average Bonchev–Trinajstić information content (AvgIpc) is 2.55. The van der Waals surface area contributed by atoms with Crippen LogP contribution in [0, 0.1) is 5.82 Å². The van der Waals surface area contributed by atoms with E-state index in [2.05, 4.69) is 10.3 Å². The normalized spacial score (nSPS) is 10.3. The predicted molar refractivity (Wildman–Crippen MR) is 83.8 cm³/mol. The van der Waals surface area contributed by atoms with Crippen LogP contribution in [0.25, 0.3) is 0 Å². The molecule has 0 spiro atoms. The Bertz CT molecular complexity index is 604. The van der Waals surface area contributed by atoms with Gasteiger partial charge in [-0.1, -0.05) is 18.2 Å². The fraction of sp³-hybridized carbons (Fsp3) is 0.294. The number of aromatic nitrogens is 1. The molecule has 5 heteroatoms. The van der Waals surface area contributed by atoms with E-state index in [0.717, 1.165) is 12.0 Å². The van der Waals surface area contributed by atoms with Gasteiger partial charge in [0.25, 0.3) is 0 Å².